The van der Waals surface area contributed by atoms with Gasteiger partial charge in [0.1, 0.15) is 0 Å². The van der Waals surface area contributed by atoms with Crippen LogP contribution in [0.2, 0.25) is 0 Å². The van der Waals surface area contributed by atoms with E-state index < -0.39 is 11.8 Å². The lowest BCUT2D eigenvalue weighted by Gasteiger charge is -2.30. The van der Waals surface area contributed by atoms with Gasteiger partial charge in [-0.2, -0.15) is 0 Å². The third kappa shape index (κ3) is 2.81. The predicted octanol–water partition coefficient (Wildman–Crippen LogP) is 2.00. The first kappa shape index (κ1) is 12.7. The second kappa shape index (κ2) is 5.63. The minimum Gasteiger partial charge on any atom is -0.481 e. The summed E-state index contributed by atoms with van der Waals surface area (Å²) in [6.45, 7) is 0. The Kier molecular flexibility index (Phi) is 4.46. The number of aliphatic carboxylic acids is 1. The van der Waals surface area contributed by atoms with Crippen molar-refractivity contribution in [1.82, 2.24) is 0 Å². The largest absolute Gasteiger partial charge is 0.481 e. The highest BCUT2D eigenvalue weighted by atomic mass is 16.7. The molecule has 0 aliphatic heterocycles. The number of benzene rings is 1. The molecule has 1 rings (SSSR count). The molecular weight excluding hydrogens is 208 g/mol. The van der Waals surface area contributed by atoms with E-state index in [1.165, 1.54) is 14.2 Å². The zero-order valence-electron chi connectivity index (χ0n) is 9.47. The Labute approximate surface area is 94.8 Å². The fourth-order valence-corrected chi connectivity index (χ4v) is 1.63. The molecule has 4 heteroatoms. The van der Waals surface area contributed by atoms with Crippen LogP contribution < -0.4 is 0 Å². The molecule has 0 fully saturated rings. The third-order valence-electron chi connectivity index (χ3n) is 2.54. The van der Waals surface area contributed by atoms with Gasteiger partial charge in [0.2, 0.25) is 0 Å². The number of hydrogen-bond acceptors (Lipinski definition) is 3. The standard InChI is InChI=1S/C12H16O4/c1-15-12(16-2,9-8-11(13)14)10-6-4-3-5-7-10/h3-7H,8-9H2,1-2H3,(H,13,14). The first-order valence-electron chi connectivity index (χ1n) is 5.02. The van der Waals surface area contributed by atoms with E-state index in [-0.39, 0.29) is 12.8 Å². The fourth-order valence-electron chi connectivity index (χ4n) is 1.63. The fraction of sp³-hybridized carbons (Fsp3) is 0.417. The van der Waals surface area contributed by atoms with E-state index in [1.807, 2.05) is 30.3 Å². The van der Waals surface area contributed by atoms with Gasteiger partial charge in [0.05, 0.1) is 6.42 Å². The molecule has 0 spiro atoms. The maximum atomic E-state index is 10.6. The summed E-state index contributed by atoms with van der Waals surface area (Å²) in [7, 11) is 3.02. The zero-order valence-corrected chi connectivity index (χ0v) is 9.47. The summed E-state index contributed by atoms with van der Waals surface area (Å²) in [5.41, 5.74) is 0.821. The van der Waals surface area contributed by atoms with Crippen molar-refractivity contribution in [3.63, 3.8) is 0 Å². The Morgan fingerprint density at radius 3 is 2.25 bits per heavy atom. The monoisotopic (exact) mass is 224 g/mol. The maximum absolute atomic E-state index is 10.6. The van der Waals surface area contributed by atoms with Gasteiger partial charge in [0, 0.05) is 26.2 Å². The molecule has 0 atom stereocenters. The minimum absolute atomic E-state index is 0.00340. The summed E-state index contributed by atoms with van der Waals surface area (Å²) >= 11 is 0. The van der Waals surface area contributed by atoms with E-state index in [2.05, 4.69) is 0 Å². The first-order valence-corrected chi connectivity index (χ1v) is 5.02. The molecular formula is C12H16O4. The lowest BCUT2D eigenvalue weighted by Crippen LogP contribution is -2.31. The van der Waals surface area contributed by atoms with Gasteiger partial charge in [0.25, 0.3) is 0 Å². The molecule has 16 heavy (non-hydrogen) atoms. The van der Waals surface area contributed by atoms with Gasteiger partial charge in [-0.1, -0.05) is 30.3 Å². The van der Waals surface area contributed by atoms with Crippen molar-refractivity contribution >= 4 is 5.97 Å². The van der Waals surface area contributed by atoms with Crippen molar-refractivity contribution < 1.29 is 19.4 Å². The first-order chi connectivity index (χ1) is 7.64. The number of carboxylic acid groups (broad SMARTS) is 1. The van der Waals surface area contributed by atoms with Crippen molar-refractivity contribution in [3.05, 3.63) is 35.9 Å². The average molecular weight is 224 g/mol. The van der Waals surface area contributed by atoms with Crippen LogP contribution >= 0.6 is 0 Å². The Hall–Kier alpha value is -1.39. The average Bonchev–Trinajstić information content (AvgIpc) is 2.32. The summed E-state index contributed by atoms with van der Waals surface area (Å²) in [6, 6.07) is 9.33. The van der Waals surface area contributed by atoms with Crippen LogP contribution in [0.15, 0.2) is 30.3 Å². The van der Waals surface area contributed by atoms with Gasteiger partial charge < -0.3 is 14.6 Å². The number of carbonyl (C=O) groups is 1. The van der Waals surface area contributed by atoms with E-state index in [1.54, 1.807) is 0 Å². The predicted molar refractivity (Wildman–Crippen MR) is 59.0 cm³/mol. The molecule has 88 valence electrons. The Balaban J connectivity index is 2.92. The molecule has 1 N–H and O–H groups in total. The maximum Gasteiger partial charge on any atom is 0.303 e. The molecule has 0 amide bonds. The SMILES string of the molecule is COC(CCC(=O)O)(OC)c1ccccc1. The van der Waals surface area contributed by atoms with Gasteiger partial charge in [-0.25, -0.2) is 0 Å². The molecule has 4 nitrogen and oxygen atoms in total. The number of ether oxygens (including phenoxy) is 2. The highest BCUT2D eigenvalue weighted by Gasteiger charge is 2.32. The van der Waals surface area contributed by atoms with Crippen LogP contribution in [0.4, 0.5) is 0 Å². The molecule has 0 radical (unpaired) electrons. The van der Waals surface area contributed by atoms with Crippen LogP contribution in [-0.4, -0.2) is 25.3 Å². The van der Waals surface area contributed by atoms with Crippen molar-refractivity contribution in [2.45, 2.75) is 18.6 Å². The lowest BCUT2D eigenvalue weighted by atomic mass is 10.0. The number of rotatable bonds is 6. The second-order valence-corrected chi connectivity index (χ2v) is 3.42. The third-order valence-corrected chi connectivity index (χ3v) is 2.54. The van der Waals surface area contributed by atoms with Crippen molar-refractivity contribution in [3.8, 4) is 0 Å². The number of methoxy groups -OCH3 is 2. The number of carboxylic acids is 1. The summed E-state index contributed by atoms with van der Waals surface area (Å²) < 4.78 is 10.7. The van der Waals surface area contributed by atoms with Crippen LogP contribution in [0.3, 0.4) is 0 Å². The molecule has 0 unspecified atom stereocenters. The Morgan fingerprint density at radius 1 is 1.25 bits per heavy atom. The van der Waals surface area contributed by atoms with E-state index in [4.69, 9.17) is 14.6 Å². The molecule has 0 heterocycles. The Morgan fingerprint density at radius 2 is 1.81 bits per heavy atom. The van der Waals surface area contributed by atoms with Crippen LogP contribution in [0, 0.1) is 0 Å². The van der Waals surface area contributed by atoms with Crippen LogP contribution in [0.1, 0.15) is 18.4 Å². The zero-order chi connectivity index (χ0) is 12.0. The lowest BCUT2D eigenvalue weighted by molar-refractivity contribution is -0.221. The van der Waals surface area contributed by atoms with E-state index in [0.717, 1.165) is 5.56 Å². The van der Waals surface area contributed by atoms with E-state index in [0.29, 0.717) is 0 Å². The summed E-state index contributed by atoms with van der Waals surface area (Å²) in [6.07, 6.45) is 0.274. The van der Waals surface area contributed by atoms with Crippen molar-refractivity contribution in [1.29, 1.82) is 0 Å². The van der Waals surface area contributed by atoms with Crippen molar-refractivity contribution in [2.24, 2.45) is 0 Å². The molecule has 1 aromatic carbocycles. The number of hydrogen-bond donors (Lipinski definition) is 1. The molecule has 0 aromatic heterocycles. The molecule has 0 aliphatic carbocycles. The highest BCUT2D eigenvalue weighted by molar-refractivity contribution is 5.66. The van der Waals surface area contributed by atoms with Gasteiger partial charge in [-0.05, 0) is 0 Å². The molecule has 0 aliphatic rings. The van der Waals surface area contributed by atoms with Gasteiger partial charge in [-0.15, -0.1) is 0 Å². The summed E-state index contributed by atoms with van der Waals surface area (Å²) in [5.74, 6) is -1.84. The molecule has 0 saturated heterocycles. The van der Waals surface area contributed by atoms with E-state index >= 15 is 0 Å². The summed E-state index contributed by atoms with van der Waals surface area (Å²) in [5, 5.41) is 8.70. The smallest absolute Gasteiger partial charge is 0.303 e. The molecule has 1 aromatic rings. The van der Waals surface area contributed by atoms with Crippen LogP contribution in [-0.2, 0) is 20.1 Å². The Bertz CT molecular complexity index is 330. The topological polar surface area (TPSA) is 55.8 Å². The normalized spacial score (nSPS) is 11.4. The quantitative estimate of drug-likeness (QED) is 0.751. The minimum atomic E-state index is -0.973. The van der Waals surface area contributed by atoms with Crippen molar-refractivity contribution in [2.75, 3.05) is 14.2 Å². The second-order valence-electron chi connectivity index (χ2n) is 3.42. The highest BCUT2D eigenvalue weighted by Crippen LogP contribution is 2.30. The van der Waals surface area contributed by atoms with E-state index in [9.17, 15) is 4.79 Å². The van der Waals surface area contributed by atoms with Crippen LogP contribution in [0.25, 0.3) is 0 Å². The van der Waals surface area contributed by atoms with Gasteiger partial charge >= 0.3 is 5.97 Å². The molecule has 0 bridgehead atoms. The van der Waals surface area contributed by atoms with Gasteiger partial charge in [0.15, 0.2) is 5.79 Å². The van der Waals surface area contributed by atoms with Gasteiger partial charge in [-0.3, -0.25) is 4.79 Å². The molecule has 0 saturated carbocycles. The van der Waals surface area contributed by atoms with Crippen LogP contribution in [0.5, 0.6) is 0 Å². The summed E-state index contributed by atoms with van der Waals surface area (Å²) in [4.78, 5) is 10.6.